The summed E-state index contributed by atoms with van der Waals surface area (Å²) < 4.78 is 6.81. The van der Waals surface area contributed by atoms with Crippen LogP contribution >= 0.6 is 0 Å². The highest BCUT2D eigenvalue weighted by molar-refractivity contribution is 5.92. The fourth-order valence-corrected chi connectivity index (χ4v) is 1.96. The molecular formula is C13H17N3O3. The Morgan fingerprint density at radius 2 is 2.21 bits per heavy atom. The normalized spacial score (nSPS) is 11.0. The maximum Gasteiger partial charge on any atom is 0.335 e. The molecule has 2 aromatic rings. The van der Waals surface area contributed by atoms with Gasteiger partial charge in [-0.3, -0.25) is 0 Å². The molecule has 0 radical (unpaired) electrons. The summed E-state index contributed by atoms with van der Waals surface area (Å²) >= 11 is 0. The standard InChI is InChI=1S/C13H17N3O3/c1-19-8-4-2-3-7-16-12-6-5-10(13(17)18)9-11(12)14-15-16/h5-6,9H,2-4,7-8H2,1H3,(H,17,18). The van der Waals surface area contributed by atoms with Crippen molar-refractivity contribution in [1.82, 2.24) is 15.0 Å². The van der Waals surface area contributed by atoms with Gasteiger partial charge in [-0.05, 0) is 37.5 Å². The Bertz CT molecular complexity index is 565. The van der Waals surface area contributed by atoms with Gasteiger partial charge in [-0.2, -0.15) is 0 Å². The van der Waals surface area contributed by atoms with Crippen LogP contribution in [0.2, 0.25) is 0 Å². The summed E-state index contributed by atoms with van der Waals surface area (Å²) in [6.07, 6.45) is 3.11. The zero-order chi connectivity index (χ0) is 13.7. The highest BCUT2D eigenvalue weighted by atomic mass is 16.5. The van der Waals surface area contributed by atoms with Gasteiger partial charge in [0.15, 0.2) is 0 Å². The van der Waals surface area contributed by atoms with Crippen molar-refractivity contribution in [3.8, 4) is 0 Å². The lowest BCUT2D eigenvalue weighted by atomic mass is 10.2. The van der Waals surface area contributed by atoms with Gasteiger partial charge < -0.3 is 9.84 Å². The van der Waals surface area contributed by atoms with Gasteiger partial charge >= 0.3 is 5.97 Å². The minimum atomic E-state index is -0.948. The number of aromatic carboxylic acids is 1. The molecule has 2 rings (SSSR count). The van der Waals surface area contributed by atoms with Crippen LogP contribution in [0.5, 0.6) is 0 Å². The van der Waals surface area contributed by atoms with E-state index in [4.69, 9.17) is 9.84 Å². The van der Waals surface area contributed by atoms with Gasteiger partial charge in [0.25, 0.3) is 0 Å². The first-order chi connectivity index (χ1) is 9.22. The van der Waals surface area contributed by atoms with Crippen LogP contribution in [-0.2, 0) is 11.3 Å². The van der Waals surface area contributed by atoms with Crippen molar-refractivity contribution in [3.05, 3.63) is 23.8 Å². The minimum absolute atomic E-state index is 0.236. The molecule has 1 N–H and O–H groups in total. The van der Waals surface area contributed by atoms with E-state index in [1.54, 1.807) is 25.3 Å². The Labute approximate surface area is 111 Å². The molecule has 0 aliphatic carbocycles. The molecule has 19 heavy (non-hydrogen) atoms. The van der Waals surface area contributed by atoms with E-state index in [0.717, 1.165) is 37.9 Å². The Hall–Kier alpha value is -1.95. The number of hydrogen-bond acceptors (Lipinski definition) is 4. The van der Waals surface area contributed by atoms with Gasteiger partial charge in [0, 0.05) is 20.3 Å². The Kier molecular flexibility index (Phi) is 4.46. The van der Waals surface area contributed by atoms with Crippen LogP contribution in [0.3, 0.4) is 0 Å². The number of fused-ring (bicyclic) bond motifs is 1. The fourth-order valence-electron chi connectivity index (χ4n) is 1.96. The largest absolute Gasteiger partial charge is 0.478 e. The third-order valence-electron chi connectivity index (χ3n) is 2.98. The third kappa shape index (κ3) is 3.29. The van der Waals surface area contributed by atoms with Gasteiger partial charge in [0.1, 0.15) is 5.52 Å². The molecule has 1 aromatic carbocycles. The molecule has 6 nitrogen and oxygen atoms in total. The van der Waals surface area contributed by atoms with Crippen LogP contribution in [0.1, 0.15) is 29.6 Å². The molecule has 0 saturated carbocycles. The number of carboxylic acid groups (broad SMARTS) is 1. The fraction of sp³-hybridized carbons (Fsp3) is 0.462. The summed E-state index contributed by atoms with van der Waals surface area (Å²) in [7, 11) is 1.70. The highest BCUT2D eigenvalue weighted by Gasteiger charge is 2.08. The van der Waals surface area contributed by atoms with Crippen molar-refractivity contribution < 1.29 is 14.6 Å². The monoisotopic (exact) mass is 263 g/mol. The molecule has 0 aliphatic heterocycles. The molecule has 0 atom stereocenters. The number of rotatable bonds is 7. The number of carboxylic acids is 1. The average molecular weight is 263 g/mol. The number of hydrogen-bond donors (Lipinski definition) is 1. The van der Waals surface area contributed by atoms with Crippen LogP contribution in [0.4, 0.5) is 0 Å². The summed E-state index contributed by atoms with van der Waals surface area (Å²) in [5.74, 6) is -0.948. The molecule has 0 aliphatic rings. The highest BCUT2D eigenvalue weighted by Crippen LogP contribution is 2.14. The number of methoxy groups -OCH3 is 1. The lowest BCUT2D eigenvalue weighted by molar-refractivity contribution is 0.0697. The molecule has 0 spiro atoms. The Morgan fingerprint density at radius 3 is 2.95 bits per heavy atom. The smallest absolute Gasteiger partial charge is 0.335 e. The number of aryl methyl sites for hydroxylation is 1. The number of ether oxygens (including phenoxy) is 1. The molecule has 0 fully saturated rings. The number of nitrogens with zero attached hydrogens (tertiary/aromatic N) is 3. The maximum absolute atomic E-state index is 10.9. The quantitative estimate of drug-likeness (QED) is 0.772. The van der Waals surface area contributed by atoms with Gasteiger partial charge in [-0.1, -0.05) is 5.21 Å². The van der Waals surface area contributed by atoms with E-state index in [9.17, 15) is 4.79 Å². The summed E-state index contributed by atoms with van der Waals surface area (Å²) in [6.45, 7) is 1.56. The average Bonchev–Trinajstić information content (AvgIpc) is 2.81. The minimum Gasteiger partial charge on any atom is -0.478 e. The van der Waals surface area contributed by atoms with E-state index in [2.05, 4.69) is 10.3 Å². The molecule has 6 heteroatoms. The van der Waals surface area contributed by atoms with Crippen molar-refractivity contribution in [3.63, 3.8) is 0 Å². The second-order valence-electron chi connectivity index (χ2n) is 4.37. The van der Waals surface area contributed by atoms with E-state index in [1.165, 1.54) is 0 Å². The van der Waals surface area contributed by atoms with Crippen molar-refractivity contribution in [1.29, 1.82) is 0 Å². The van der Waals surface area contributed by atoms with Gasteiger partial charge in [0.2, 0.25) is 0 Å². The third-order valence-corrected chi connectivity index (χ3v) is 2.98. The van der Waals surface area contributed by atoms with E-state index in [-0.39, 0.29) is 5.56 Å². The van der Waals surface area contributed by atoms with Crippen molar-refractivity contribution in [2.24, 2.45) is 0 Å². The van der Waals surface area contributed by atoms with Crippen molar-refractivity contribution >= 4 is 17.0 Å². The lowest BCUT2D eigenvalue weighted by Gasteiger charge is -2.02. The maximum atomic E-state index is 10.9. The predicted octanol–water partition coefficient (Wildman–Crippen LogP) is 1.95. The predicted molar refractivity (Wildman–Crippen MR) is 70.2 cm³/mol. The summed E-state index contributed by atoms with van der Waals surface area (Å²) in [5, 5.41) is 17.0. The second-order valence-corrected chi connectivity index (χ2v) is 4.37. The molecule has 102 valence electrons. The summed E-state index contributed by atoms with van der Waals surface area (Å²) in [6, 6.07) is 4.88. The van der Waals surface area contributed by atoms with Gasteiger partial charge in [0.05, 0.1) is 11.1 Å². The van der Waals surface area contributed by atoms with Crippen LogP contribution < -0.4 is 0 Å². The van der Waals surface area contributed by atoms with E-state index in [0.29, 0.717) is 5.52 Å². The first-order valence-electron chi connectivity index (χ1n) is 6.28. The zero-order valence-corrected chi connectivity index (χ0v) is 10.9. The number of aromatic nitrogens is 3. The SMILES string of the molecule is COCCCCCn1nnc2cc(C(=O)O)ccc21. The van der Waals surface area contributed by atoms with Crippen LogP contribution in [-0.4, -0.2) is 39.8 Å². The van der Waals surface area contributed by atoms with Crippen LogP contribution in [0.25, 0.3) is 11.0 Å². The molecule has 0 amide bonds. The number of unbranched alkanes of at least 4 members (excludes halogenated alkanes) is 2. The van der Waals surface area contributed by atoms with Crippen LogP contribution in [0.15, 0.2) is 18.2 Å². The lowest BCUT2D eigenvalue weighted by Crippen LogP contribution is -2.01. The topological polar surface area (TPSA) is 77.2 Å². The molecular weight excluding hydrogens is 246 g/mol. The van der Waals surface area contributed by atoms with E-state index in [1.807, 2.05) is 4.68 Å². The zero-order valence-electron chi connectivity index (χ0n) is 10.9. The number of benzene rings is 1. The molecule has 0 saturated heterocycles. The number of carbonyl (C=O) groups is 1. The summed E-state index contributed by atoms with van der Waals surface area (Å²) in [4.78, 5) is 10.9. The van der Waals surface area contributed by atoms with Crippen molar-refractivity contribution in [2.45, 2.75) is 25.8 Å². The Balaban J connectivity index is 2.02. The molecule has 1 aromatic heterocycles. The van der Waals surface area contributed by atoms with E-state index >= 15 is 0 Å². The molecule has 0 bridgehead atoms. The molecule has 0 unspecified atom stereocenters. The molecule has 1 heterocycles. The van der Waals surface area contributed by atoms with Crippen molar-refractivity contribution in [2.75, 3.05) is 13.7 Å². The van der Waals surface area contributed by atoms with Gasteiger partial charge in [-0.15, -0.1) is 5.10 Å². The van der Waals surface area contributed by atoms with Crippen LogP contribution in [0, 0.1) is 0 Å². The Morgan fingerprint density at radius 1 is 1.37 bits per heavy atom. The summed E-state index contributed by atoms with van der Waals surface area (Å²) in [5.41, 5.74) is 1.73. The first kappa shape index (κ1) is 13.5. The first-order valence-corrected chi connectivity index (χ1v) is 6.28. The van der Waals surface area contributed by atoms with E-state index < -0.39 is 5.97 Å². The van der Waals surface area contributed by atoms with Gasteiger partial charge in [-0.25, -0.2) is 9.48 Å². The second kappa shape index (κ2) is 6.29.